The van der Waals surface area contributed by atoms with Gasteiger partial charge in [0.05, 0.1) is 5.76 Å². The number of rotatable bonds is 10. The van der Waals surface area contributed by atoms with Crippen molar-refractivity contribution in [3.05, 3.63) is 71.6 Å². The van der Waals surface area contributed by atoms with Crippen molar-refractivity contribution in [2.45, 2.75) is 125 Å². The number of benzene rings is 3. The number of carbonyl (C=O) groups is 1. The van der Waals surface area contributed by atoms with Crippen molar-refractivity contribution >= 4 is 45.0 Å². The average molecular weight is 930 g/mol. The summed E-state index contributed by atoms with van der Waals surface area (Å²) in [5.41, 5.74) is 5.03. The number of hydrogen-bond acceptors (Lipinski definition) is 4. The number of ether oxygens (including phenoxy) is 1. The van der Waals surface area contributed by atoms with Crippen molar-refractivity contribution in [3.8, 4) is 22.8 Å². The Hall–Kier alpha value is -2.47. The van der Waals surface area contributed by atoms with E-state index in [1.807, 2.05) is 33.9 Å². The number of fused-ring (bicyclic) bond motifs is 3. The molecule has 279 valence electrons. The number of allylic oxidation sites excluding steroid dienone is 2. The Morgan fingerprint density at radius 3 is 2.02 bits per heavy atom. The quantitative estimate of drug-likeness (QED) is 0.0656. The van der Waals surface area contributed by atoms with Crippen LogP contribution in [0, 0.1) is 28.7 Å². The third kappa shape index (κ3) is 10.4. The van der Waals surface area contributed by atoms with Gasteiger partial charge in [0, 0.05) is 38.0 Å². The van der Waals surface area contributed by atoms with Gasteiger partial charge >= 0.3 is 214 Å². The summed E-state index contributed by atoms with van der Waals surface area (Å²) in [6, 6.07) is 17.4. The van der Waals surface area contributed by atoms with Crippen LogP contribution in [0.25, 0.3) is 32.8 Å². The van der Waals surface area contributed by atoms with Crippen LogP contribution in [-0.2, 0) is 37.7 Å². The van der Waals surface area contributed by atoms with Gasteiger partial charge in [-0.1, -0.05) is 27.7 Å². The first-order valence-electron chi connectivity index (χ1n) is 18.9. The van der Waals surface area contributed by atoms with Gasteiger partial charge in [-0.15, -0.1) is 0 Å². The molecule has 0 aliphatic carbocycles. The second-order valence-corrected chi connectivity index (χ2v) is 28.3. The van der Waals surface area contributed by atoms with E-state index in [0.29, 0.717) is 0 Å². The molecule has 0 spiro atoms. The Morgan fingerprint density at radius 2 is 1.47 bits per heavy atom. The topological polar surface area (TPSA) is 59.4 Å². The van der Waals surface area contributed by atoms with E-state index < -0.39 is 13.3 Å². The molecule has 1 N–H and O–H groups in total. The van der Waals surface area contributed by atoms with Gasteiger partial charge in [0.15, 0.2) is 5.78 Å². The molecule has 1 aromatic heterocycles. The number of aliphatic hydroxyl groups excluding tert-OH is 1. The molecule has 2 heterocycles. The summed E-state index contributed by atoms with van der Waals surface area (Å²) >= 11 is -2.20. The van der Waals surface area contributed by atoms with Crippen LogP contribution in [0.1, 0.15) is 106 Å². The minimum atomic E-state index is -2.20. The van der Waals surface area contributed by atoms with Gasteiger partial charge in [-0.3, -0.25) is 4.79 Å². The van der Waals surface area contributed by atoms with Crippen molar-refractivity contribution in [3.63, 3.8) is 0 Å². The number of aliphatic hydroxyl groups is 1. The molecule has 0 amide bonds. The summed E-state index contributed by atoms with van der Waals surface area (Å²) in [5, 5.41) is 14.5. The fourth-order valence-corrected chi connectivity index (χ4v) is 10.2. The maximum absolute atomic E-state index is 11.7. The fourth-order valence-electron chi connectivity index (χ4n) is 7.14. The summed E-state index contributed by atoms with van der Waals surface area (Å²) in [5.74, 6) is 9.86. The number of hydrogen-bond donors (Lipinski definition) is 1. The van der Waals surface area contributed by atoms with E-state index in [-0.39, 0.29) is 54.3 Å². The van der Waals surface area contributed by atoms with Crippen LogP contribution in [0.15, 0.2) is 54.4 Å². The van der Waals surface area contributed by atoms with Crippen molar-refractivity contribution in [2.24, 2.45) is 22.7 Å². The molecule has 1 radical (unpaired) electrons. The van der Waals surface area contributed by atoms with E-state index in [0.717, 1.165) is 66.7 Å². The Morgan fingerprint density at radius 1 is 0.863 bits per heavy atom. The minimum Gasteiger partial charge on any atom is -0.512 e. The van der Waals surface area contributed by atoms with Gasteiger partial charge in [0.1, 0.15) is 0 Å². The van der Waals surface area contributed by atoms with Gasteiger partial charge in [-0.05, 0) is 25.7 Å². The van der Waals surface area contributed by atoms with Crippen LogP contribution in [0.2, 0.25) is 17.3 Å². The van der Waals surface area contributed by atoms with Gasteiger partial charge in [0.2, 0.25) is 0 Å². The zero-order valence-corrected chi connectivity index (χ0v) is 38.1. The third-order valence-corrected chi connectivity index (χ3v) is 14.0. The molecule has 5 rings (SSSR count). The number of ketones is 1. The maximum Gasteiger partial charge on any atom is 0.162 e. The molecule has 4 nitrogen and oxygen atoms in total. The van der Waals surface area contributed by atoms with Gasteiger partial charge in [-0.25, -0.2) is 0 Å². The largest absolute Gasteiger partial charge is 0.512 e. The zero-order chi connectivity index (χ0) is 37.2. The van der Waals surface area contributed by atoms with Crippen LogP contribution in [0.5, 0.6) is 11.5 Å². The first-order valence-corrected chi connectivity index (χ1v) is 26.2. The number of pyridine rings is 1. The minimum absolute atomic E-state index is 0. The molecular weight excluding hydrogens is 867 g/mol. The molecule has 6 heteroatoms. The Labute approximate surface area is 325 Å². The molecule has 0 fully saturated rings. The average Bonchev–Trinajstić information content (AvgIpc) is 3.01. The summed E-state index contributed by atoms with van der Waals surface area (Å²) in [6.45, 7) is 21.9. The van der Waals surface area contributed by atoms with E-state index >= 15 is 0 Å². The third-order valence-electron chi connectivity index (χ3n) is 9.83. The smallest absolute Gasteiger partial charge is 0.162 e. The van der Waals surface area contributed by atoms with Crippen LogP contribution in [0.4, 0.5) is 0 Å². The molecular formula is C45H62GeIrNO3-. The zero-order valence-electron chi connectivity index (χ0n) is 33.6. The number of nitrogens with zero attached hydrogens (tertiary/aromatic N) is 1. The molecule has 1 aliphatic heterocycles. The molecule has 0 unspecified atom stereocenters. The van der Waals surface area contributed by atoms with Gasteiger partial charge in [0.25, 0.3) is 0 Å². The van der Waals surface area contributed by atoms with Crippen molar-refractivity contribution in [1.82, 2.24) is 4.98 Å². The van der Waals surface area contributed by atoms with E-state index in [1.54, 1.807) is 0 Å². The van der Waals surface area contributed by atoms with Crippen LogP contribution >= 0.6 is 0 Å². The summed E-state index contributed by atoms with van der Waals surface area (Å²) in [6.07, 6.45) is 8.82. The summed E-state index contributed by atoms with van der Waals surface area (Å²) < 4.78 is 8.38. The Kier molecular flexibility index (Phi) is 14.4. The van der Waals surface area contributed by atoms with Gasteiger partial charge in [-0.2, -0.15) is 0 Å². The van der Waals surface area contributed by atoms with E-state index in [1.165, 1.54) is 37.8 Å². The van der Waals surface area contributed by atoms with Crippen LogP contribution in [-0.4, -0.2) is 29.1 Å². The predicted molar refractivity (Wildman–Crippen MR) is 217 cm³/mol. The van der Waals surface area contributed by atoms with Crippen molar-refractivity contribution in [2.75, 3.05) is 0 Å². The monoisotopic (exact) mass is 931 g/mol. The molecule has 0 atom stereocenters. The second kappa shape index (κ2) is 17.1. The molecule has 0 saturated carbocycles. The Bertz CT molecular complexity index is 1870. The molecule has 3 aromatic carbocycles. The first-order chi connectivity index (χ1) is 23.3. The number of carbonyl (C=O) groups excluding carboxylic acids is 1. The molecule has 1 aliphatic rings. The van der Waals surface area contributed by atoms with Crippen LogP contribution < -0.4 is 9.13 Å². The molecule has 4 aromatic rings. The second-order valence-electron chi connectivity index (χ2n) is 17.7. The maximum atomic E-state index is 11.7. The Balaban J connectivity index is 0.000000374. The normalized spacial score (nSPS) is 13.1. The van der Waals surface area contributed by atoms with E-state index in [4.69, 9.17) is 9.72 Å². The first kappa shape index (κ1) is 42.9. The van der Waals surface area contributed by atoms with Crippen molar-refractivity contribution in [1.29, 1.82) is 0 Å². The van der Waals surface area contributed by atoms with Crippen molar-refractivity contribution < 1.29 is 34.7 Å². The summed E-state index contributed by atoms with van der Waals surface area (Å²) in [4.78, 5) is 16.7. The predicted octanol–water partition coefficient (Wildman–Crippen LogP) is 12.6. The fraction of sp³-hybridized carbons (Fsp3) is 0.511. The van der Waals surface area contributed by atoms with Gasteiger partial charge < -0.3 is 5.11 Å². The molecule has 0 bridgehead atoms. The van der Waals surface area contributed by atoms with E-state index in [9.17, 15) is 9.90 Å². The SMILES string of the molecule is CC(C)(C)Cc1ccc2c(CC(C)(C)C)c3c([c-]c2c1)-c1nccc2cc[c]([Ge]([CH3])([CH3])[CH3])c(c12)O3.CCC(CC)C(=O)/C=C(\O)C(CC)CC.[Ir]. The molecule has 0 saturated heterocycles. The molecule has 51 heavy (non-hydrogen) atoms. The van der Waals surface area contributed by atoms with Crippen LogP contribution in [0.3, 0.4) is 0 Å². The summed E-state index contributed by atoms with van der Waals surface area (Å²) in [7, 11) is 0. The van der Waals surface area contributed by atoms with E-state index in [2.05, 4.69) is 101 Å². The standard InChI is InChI=1S/C32H38GeNO.C13H24O2.Ir/c1-31(2,3)18-20-10-12-23-22(16-20)17-24-28-27-21(14-15-34-28)11-13-26(33(7,8)9)30(27)35-29(24)25(23)19-32(4,5)6;1-5-10(6-2)12(14)9-13(15)11(7-3)8-4;/h10-16H,18-19H2,1-9H3;9-11,14H,5-8H2,1-4H3;/q-1;;/b;12-9-;. The number of aromatic nitrogens is 1.